The highest BCUT2D eigenvalue weighted by Crippen LogP contribution is 2.23. The van der Waals surface area contributed by atoms with Gasteiger partial charge in [0.05, 0.1) is 16.4 Å². The van der Waals surface area contributed by atoms with Gasteiger partial charge in [0, 0.05) is 26.1 Å². The van der Waals surface area contributed by atoms with Crippen molar-refractivity contribution < 1.29 is 17.9 Å². The first-order valence-electron chi connectivity index (χ1n) is 6.50. The molecule has 0 aliphatic carbocycles. The molecule has 0 unspecified atom stereocenters. The Hall–Kier alpha value is -1.40. The number of methoxy groups -OCH3 is 1. The fourth-order valence-corrected chi connectivity index (χ4v) is 4.50. The number of hydrogen-bond acceptors (Lipinski definition) is 8. The average molecular weight is 376 g/mol. The third kappa shape index (κ3) is 4.32. The standard InChI is InChI=1S/C12H16N4O4S3/c1-8-14-15-12(22-8)13-11(17)10-6-9(7-21-10)23(18,19)16(2)4-5-20-3/h6-7H,4-5H2,1-3H3,(H,13,15,17). The fourth-order valence-electron chi connectivity index (χ4n) is 1.60. The van der Waals surface area contributed by atoms with Crippen molar-refractivity contribution in [3.8, 4) is 0 Å². The lowest BCUT2D eigenvalue weighted by Gasteiger charge is -2.15. The molecule has 8 nitrogen and oxygen atoms in total. The van der Waals surface area contributed by atoms with Gasteiger partial charge in [-0.3, -0.25) is 10.1 Å². The number of ether oxygens (including phenoxy) is 1. The van der Waals surface area contributed by atoms with Crippen molar-refractivity contribution in [2.24, 2.45) is 0 Å². The minimum absolute atomic E-state index is 0.0831. The van der Waals surface area contributed by atoms with Gasteiger partial charge in [-0.05, 0) is 13.0 Å². The van der Waals surface area contributed by atoms with Gasteiger partial charge in [0.2, 0.25) is 15.2 Å². The normalized spacial score (nSPS) is 11.8. The Bertz CT molecular complexity index is 784. The largest absolute Gasteiger partial charge is 0.383 e. The summed E-state index contributed by atoms with van der Waals surface area (Å²) in [6.45, 7) is 2.31. The van der Waals surface area contributed by atoms with Crippen molar-refractivity contribution in [2.75, 3.05) is 32.6 Å². The van der Waals surface area contributed by atoms with Crippen molar-refractivity contribution in [1.82, 2.24) is 14.5 Å². The number of rotatable bonds is 7. The van der Waals surface area contributed by atoms with E-state index in [0.29, 0.717) is 11.7 Å². The number of likely N-dealkylation sites (N-methyl/N-ethyl adjacent to an activating group) is 1. The number of aromatic nitrogens is 2. The fraction of sp³-hybridized carbons (Fsp3) is 0.417. The number of nitrogens with zero attached hydrogens (tertiary/aromatic N) is 3. The predicted octanol–water partition coefficient (Wildman–Crippen LogP) is 1.43. The van der Waals surface area contributed by atoms with Crippen molar-refractivity contribution in [3.63, 3.8) is 0 Å². The van der Waals surface area contributed by atoms with Crippen LogP contribution in [0.2, 0.25) is 0 Å². The van der Waals surface area contributed by atoms with Crippen LogP contribution < -0.4 is 5.32 Å². The Kier molecular flexibility index (Phi) is 5.81. The van der Waals surface area contributed by atoms with Gasteiger partial charge in [-0.1, -0.05) is 11.3 Å². The number of aryl methyl sites for hydroxylation is 1. The minimum atomic E-state index is -3.63. The summed E-state index contributed by atoms with van der Waals surface area (Å²) < 4.78 is 30.8. The molecule has 0 aliphatic heterocycles. The monoisotopic (exact) mass is 376 g/mol. The maximum atomic E-state index is 12.4. The number of sulfonamides is 1. The third-order valence-electron chi connectivity index (χ3n) is 2.86. The highest BCUT2D eigenvalue weighted by atomic mass is 32.2. The zero-order valence-electron chi connectivity index (χ0n) is 12.8. The summed E-state index contributed by atoms with van der Waals surface area (Å²) in [6.07, 6.45) is 0. The molecule has 0 radical (unpaired) electrons. The molecule has 2 aromatic heterocycles. The van der Waals surface area contributed by atoms with E-state index in [4.69, 9.17) is 4.74 Å². The predicted molar refractivity (Wildman–Crippen MR) is 88.6 cm³/mol. The first-order chi connectivity index (χ1) is 10.8. The minimum Gasteiger partial charge on any atom is -0.383 e. The van der Waals surface area contributed by atoms with Crippen LogP contribution in [0.5, 0.6) is 0 Å². The van der Waals surface area contributed by atoms with Crippen LogP contribution in [0.1, 0.15) is 14.7 Å². The van der Waals surface area contributed by atoms with Crippen LogP contribution in [0.15, 0.2) is 16.3 Å². The Morgan fingerprint density at radius 2 is 2.17 bits per heavy atom. The number of amides is 1. The lowest BCUT2D eigenvalue weighted by molar-refractivity contribution is 0.103. The van der Waals surface area contributed by atoms with Gasteiger partial charge in [0.15, 0.2) is 0 Å². The second-order valence-electron chi connectivity index (χ2n) is 4.55. The van der Waals surface area contributed by atoms with Crippen molar-refractivity contribution in [3.05, 3.63) is 21.3 Å². The van der Waals surface area contributed by atoms with Gasteiger partial charge in [-0.15, -0.1) is 21.5 Å². The van der Waals surface area contributed by atoms with Crippen LogP contribution in [-0.2, 0) is 14.8 Å². The first-order valence-corrected chi connectivity index (χ1v) is 9.63. The van der Waals surface area contributed by atoms with Crippen LogP contribution in [0, 0.1) is 6.92 Å². The number of hydrogen-bond donors (Lipinski definition) is 1. The van der Waals surface area contributed by atoms with E-state index >= 15 is 0 Å². The van der Waals surface area contributed by atoms with Crippen LogP contribution >= 0.6 is 22.7 Å². The SMILES string of the molecule is COCCN(C)S(=O)(=O)c1csc(C(=O)Nc2nnc(C)s2)c1. The van der Waals surface area contributed by atoms with Crippen molar-refractivity contribution >= 4 is 43.7 Å². The molecule has 1 amide bonds. The summed E-state index contributed by atoms with van der Waals surface area (Å²) in [5.41, 5.74) is 0. The van der Waals surface area contributed by atoms with Crippen molar-refractivity contribution in [1.29, 1.82) is 0 Å². The van der Waals surface area contributed by atoms with Crippen LogP contribution in [0.4, 0.5) is 5.13 Å². The second-order valence-corrected chi connectivity index (χ2v) is 8.68. The molecule has 23 heavy (non-hydrogen) atoms. The Morgan fingerprint density at radius 3 is 2.78 bits per heavy atom. The van der Waals surface area contributed by atoms with Gasteiger partial charge in [-0.2, -0.15) is 4.31 Å². The highest BCUT2D eigenvalue weighted by molar-refractivity contribution is 7.89. The molecular formula is C12H16N4O4S3. The first kappa shape index (κ1) is 17.9. The molecule has 0 spiro atoms. The molecule has 0 aliphatic rings. The molecule has 0 bridgehead atoms. The zero-order valence-corrected chi connectivity index (χ0v) is 15.2. The molecule has 0 aromatic carbocycles. The van der Waals surface area contributed by atoms with Gasteiger partial charge in [-0.25, -0.2) is 8.42 Å². The molecule has 11 heteroatoms. The van der Waals surface area contributed by atoms with Crippen molar-refractivity contribution in [2.45, 2.75) is 11.8 Å². The molecule has 126 valence electrons. The maximum Gasteiger partial charge on any atom is 0.267 e. The van der Waals surface area contributed by atoms with E-state index in [1.165, 1.54) is 41.2 Å². The topological polar surface area (TPSA) is 101 Å². The molecule has 2 aromatic rings. The van der Waals surface area contributed by atoms with E-state index < -0.39 is 15.9 Å². The van der Waals surface area contributed by atoms with Crippen LogP contribution in [0.25, 0.3) is 0 Å². The Labute approximate surface area is 142 Å². The van der Waals surface area contributed by atoms with E-state index in [1.54, 1.807) is 6.92 Å². The summed E-state index contributed by atoms with van der Waals surface area (Å²) in [6, 6.07) is 1.35. The summed E-state index contributed by atoms with van der Waals surface area (Å²) in [5.74, 6) is -0.410. The zero-order chi connectivity index (χ0) is 17.0. The molecule has 0 saturated carbocycles. The summed E-state index contributed by atoms with van der Waals surface area (Å²) in [7, 11) is -0.664. The lowest BCUT2D eigenvalue weighted by atomic mass is 10.4. The highest BCUT2D eigenvalue weighted by Gasteiger charge is 2.23. The molecule has 2 rings (SSSR count). The summed E-state index contributed by atoms with van der Waals surface area (Å²) >= 11 is 2.31. The van der Waals surface area contributed by atoms with Gasteiger partial charge < -0.3 is 4.74 Å². The third-order valence-corrected chi connectivity index (χ3v) is 6.53. The molecule has 0 atom stereocenters. The van der Waals surface area contributed by atoms with E-state index in [0.717, 1.165) is 16.3 Å². The Balaban J connectivity index is 2.11. The van der Waals surface area contributed by atoms with Gasteiger partial charge >= 0.3 is 0 Å². The van der Waals surface area contributed by atoms with Crippen LogP contribution in [-0.4, -0.2) is 56.1 Å². The molecule has 2 heterocycles. The number of nitrogens with one attached hydrogen (secondary N) is 1. The quantitative estimate of drug-likeness (QED) is 0.784. The number of anilines is 1. The summed E-state index contributed by atoms with van der Waals surface area (Å²) in [4.78, 5) is 12.5. The second kappa shape index (κ2) is 7.45. The van der Waals surface area contributed by atoms with Gasteiger partial charge in [0.25, 0.3) is 5.91 Å². The Morgan fingerprint density at radius 1 is 1.43 bits per heavy atom. The average Bonchev–Trinajstić information content (AvgIpc) is 3.14. The number of carbonyl (C=O) groups excluding carboxylic acids is 1. The maximum absolute atomic E-state index is 12.4. The van der Waals surface area contributed by atoms with Gasteiger partial charge in [0.1, 0.15) is 5.01 Å². The molecule has 0 saturated heterocycles. The van der Waals surface area contributed by atoms with E-state index in [1.807, 2.05) is 0 Å². The molecule has 1 N–H and O–H groups in total. The van der Waals surface area contributed by atoms with Crippen LogP contribution in [0.3, 0.4) is 0 Å². The molecule has 0 fully saturated rings. The smallest absolute Gasteiger partial charge is 0.267 e. The summed E-state index contributed by atoms with van der Waals surface area (Å²) in [5, 5.41) is 12.7. The van der Waals surface area contributed by atoms with E-state index in [2.05, 4.69) is 15.5 Å². The molecular weight excluding hydrogens is 360 g/mol. The van der Waals surface area contributed by atoms with E-state index in [9.17, 15) is 13.2 Å². The van der Waals surface area contributed by atoms with E-state index in [-0.39, 0.29) is 16.3 Å². The lowest BCUT2D eigenvalue weighted by Crippen LogP contribution is -2.29. The number of thiophene rings is 1. The number of carbonyl (C=O) groups is 1.